The van der Waals surface area contributed by atoms with Crippen LogP contribution in [0.3, 0.4) is 0 Å². The summed E-state index contributed by atoms with van der Waals surface area (Å²) in [5, 5.41) is 17.8. The Morgan fingerprint density at radius 2 is 1.50 bits per heavy atom. The predicted molar refractivity (Wildman–Crippen MR) is 166 cm³/mol. The molecule has 11 heteroatoms. The fourth-order valence-electron chi connectivity index (χ4n) is 3.64. The highest BCUT2D eigenvalue weighted by Crippen LogP contribution is 2.26. The van der Waals surface area contributed by atoms with Crippen LogP contribution in [-0.4, -0.2) is 34.6 Å². The third-order valence-corrected chi connectivity index (χ3v) is 7.35. The van der Waals surface area contributed by atoms with Gasteiger partial charge >= 0.3 is 5.97 Å². The van der Waals surface area contributed by atoms with E-state index in [1.165, 1.54) is 36.0 Å². The predicted octanol–water partition coefficient (Wildman–Crippen LogP) is 6.83. The third kappa shape index (κ3) is 8.47. The number of nitrogens with one attached hydrogen (secondary N) is 3. The van der Waals surface area contributed by atoms with Crippen molar-refractivity contribution in [1.29, 1.82) is 0 Å². The molecule has 4 aromatic rings. The summed E-state index contributed by atoms with van der Waals surface area (Å²) in [5.74, 6) is -2.58. The van der Waals surface area contributed by atoms with E-state index in [4.69, 9.17) is 23.2 Å². The van der Waals surface area contributed by atoms with Gasteiger partial charge in [-0.05, 0) is 66.2 Å². The van der Waals surface area contributed by atoms with Crippen LogP contribution < -0.4 is 16.0 Å². The Morgan fingerprint density at radius 1 is 0.762 bits per heavy atom. The van der Waals surface area contributed by atoms with Crippen LogP contribution in [-0.2, 0) is 9.59 Å². The molecule has 0 radical (unpaired) electrons. The summed E-state index contributed by atoms with van der Waals surface area (Å²) in [5.41, 5.74) is 1.52. The van der Waals surface area contributed by atoms with Gasteiger partial charge in [0.05, 0.1) is 22.0 Å². The Balaban J connectivity index is 1.45. The lowest BCUT2D eigenvalue weighted by molar-refractivity contribution is -0.114. The number of halogens is 2. The summed E-state index contributed by atoms with van der Waals surface area (Å²) in [6.45, 7) is 0. The number of carbonyl (C=O) groups is 4. The molecule has 4 N–H and O–H groups in total. The molecule has 0 heterocycles. The highest BCUT2D eigenvalue weighted by Gasteiger charge is 2.16. The SMILES string of the molecule is O=C(CSc1cccc(NC(=O)/C(=C\c2ccccc2Cl)NC(=O)c2ccccc2)c1)Nc1cc(C(=O)O)ccc1Cl. The van der Waals surface area contributed by atoms with Crippen LogP contribution in [0.4, 0.5) is 11.4 Å². The number of aromatic carboxylic acids is 1. The lowest BCUT2D eigenvalue weighted by Gasteiger charge is -2.13. The maximum absolute atomic E-state index is 13.3. The van der Waals surface area contributed by atoms with E-state index < -0.39 is 23.7 Å². The number of rotatable bonds is 10. The van der Waals surface area contributed by atoms with Gasteiger partial charge in [-0.15, -0.1) is 11.8 Å². The molecule has 0 aliphatic rings. The van der Waals surface area contributed by atoms with Crippen molar-refractivity contribution in [3.05, 3.63) is 129 Å². The number of benzene rings is 4. The Morgan fingerprint density at radius 3 is 2.24 bits per heavy atom. The highest BCUT2D eigenvalue weighted by atomic mass is 35.5. The number of carboxylic acids is 1. The number of anilines is 2. The van der Waals surface area contributed by atoms with Crippen LogP contribution in [0.15, 0.2) is 108 Å². The van der Waals surface area contributed by atoms with Crippen LogP contribution >= 0.6 is 35.0 Å². The van der Waals surface area contributed by atoms with E-state index in [1.807, 2.05) is 0 Å². The number of carboxylic acid groups (broad SMARTS) is 1. The highest BCUT2D eigenvalue weighted by molar-refractivity contribution is 8.00. The average molecular weight is 621 g/mol. The molecule has 0 bridgehead atoms. The first-order chi connectivity index (χ1) is 20.2. The van der Waals surface area contributed by atoms with Gasteiger partial charge in [-0.2, -0.15) is 0 Å². The molecule has 0 spiro atoms. The largest absolute Gasteiger partial charge is 0.478 e. The van der Waals surface area contributed by atoms with Gasteiger partial charge in [-0.1, -0.05) is 65.7 Å². The molecule has 0 atom stereocenters. The van der Waals surface area contributed by atoms with Crippen LogP contribution in [0.1, 0.15) is 26.3 Å². The molecule has 4 aromatic carbocycles. The minimum absolute atomic E-state index is 0.00415. The Hall–Kier alpha value is -4.57. The first kappa shape index (κ1) is 30.4. The second-order valence-electron chi connectivity index (χ2n) is 8.72. The lowest BCUT2D eigenvalue weighted by atomic mass is 10.1. The molecule has 0 aromatic heterocycles. The second kappa shape index (κ2) is 14.4. The Bertz CT molecular complexity index is 1680. The average Bonchev–Trinajstić information content (AvgIpc) is 2.98. The van der Waals surface area contributed by atoms with Crippen molar-refractivity contribution < 1.29 is 24.3 Å². The van der Waals surface area contributed by atoms with Gasteiger partial charge in [0, 0.05) is 21.2 Å². The van der Waals surface area contributed by atoms with Crippen molar-refractivity contribution in [3.8, 4) is 0 Å². The molecule has 0 aliphatic heterocycles. The summed E-state index contributed by atoms with van der Waals surface area (Å²) in [4.78, 5) is 50.6. The second-order valence-corrected chi connectivity index (χ2v) is 10.6. The number of hydrogen-bond acceptors (Lipinski definition) is 5. The molecule has 0 unspecified atom stereocenters. The van der Waals surface area contributed by atoms with E-state index in [-0.39, 0.29) is 27.7 Å². The summed E-state index contributed by atoms with van der Waals surface area (Å²) in [6, 6.07) is 26.3. The van der Waals surface area contributed by atoms with Gasteiger partial charge in [0.1, 0.15) is 5.70 Å². The molecule has 8 nitrogen and oxygen atoms in total. The van der Waals surface area contributed by atoms with Crippen LogP contribution in [0, 0.1) is 0 Å². The zero-order valence-electron chi connectivity index (χ0n) is 21.8. The summed E-state index contributed by atoms with van der Waals surface area (Å²) in [7, 11) is 0. The number of hydrogen-bond donors (Lipinski definition) is 4. The fraction of sp³-hybridized carbons (Fsp3) is 0.0323. The molecular weight excluding hydrogens is 597 g/mol. The first-order valence-electron chi connectivity index (χ1n) is 12.4. The quantitative estimate of drug-likeness (QED) is 0.114. The first-order valence-corrected chi connectivity index (χ1v) is 14.1. The monoisotopic (exact) mass is 619 g/mol. The number of amides is 3. The van der Waals surface area contributed by atoms with Crippen molar-refractivity contribution in [2.45, 2.75) is 4.90 Å². The third-order valence-electron chi connectivity index (χ3n) is 5.68. The van der Waals surface area contributed by atoms with Crippen molar-refractivity contribution in [2.24, 2.45) is 0 Å². The summed E-state index contributed by atoms with van der Waals surface area (Å²) in [6.07, 6.45) is 1.49. The maximum atomic E-state index is 13.3. The molecule has 212 valence electrons. The van der Waals surface area contributed by atoms with Crippen molar-refractivity contribution in [3.63, 3.8) is 0 Å². The topological polar surface area (TPSA) is 125 Å². The number of carbonyl (C=O) groups excluding carboxylic acids is 3. The molecule has 0 saturated heterocycles. The zero-order chi connectivity index (χ0) is 30.1. The van der Waals surface area contributed by atoms with Crippen LogP contribution in [0.2, 0.25) is 10.0 Å². The van der Waals surface area contributed by atoms with Crippen molar-refractivity contribution in [2.75, 3.05) is 16.4 Å². The Kier molecular flexibility index (Phi) is 10.4. The molecule has 3 amide bonds. The van der Waals surface area contributed by atoms with Gasteiger partial charge in [-0.25, -0.2) is 4.79 Å². The molecule has 0 aliphatic carbocycles. The van der Waals surface area contributed by atoms with E-state index in [2.05, 4.69) is 16.0 Å². The lowest BCUT2D eigenvalue weighted by Crippen LogP contribution is -2.30. The maximum Gasteiger partial charge on any atom is 0.335 e. The zero-order valence-corrected chi connectivity index (χ0v) is 24.1. The minimum Gasteiger partial charge on any atom is -0.478 e. The minimum atomic E-state index is -1.14. The molecule has 0 fully saturated rings. The van der Waals surface area contributed by atoms with Crippen molar-refractivity contribution in [1.82, 2.24) is 5.32 Å². The molecular formula is C31H23Cl2N3O5S. The molecule has 4 rings (SSSR count). The van der Waals surface area contributed by atoms with Gasteiger partial charge in [0.15, 0.2) is 0 Å². The van der Waals surface area contributed by atoms with E-state index in [0.29, 0.717) is 26.7 Å². The van der Waals surface area contributed by atoms with E-state index in [0.717, 1.165) is 0 Å². The fourth-order valence-corrected chi connectivity index (χ4v) is 4.75. The number of thioether (sulfide) groups is 1. The normalized spacial score (nSPS) is 11.0. The Labute approximate surface area is 255 Å². The van der Waals surface area contributed by atoms with Crippen molar-refractivity contribution >= 4 is 76.1 Å². The summed E-state index contributed by atoms with van der Waals surface area (Å²) < 4.78 is 0. The molecule has 42 heavy (non-hydrogen) atoms. The smallest absolute Gasteiger partial charge is 0.335 e. The van der Waals surface area contributed by atoms with Crippen LogP contribution in [0.5, 0.6) is 0 Å². The van der Waals surface area contributed by atoms with Gasteiger partial charge in [0.25, 0.3) is 11.8 Å². The van der Waals surface area contributed by atoms with E-state index in [9.17, 15) is 24.3 Å². The van der Waals surface area contributed by atoms with Gasteiger partial charge < -0.3 is 21.1 Å². The standard InChI is InChI=1S/C31H23Cl2N3O5S/c32-24-12-5-4-9-20(24)15-27(36-29(38)19-7-2-1-3-8-19)30(39)34-22-10-6-11-23(17-22)42-18-28(37)35-26-16-21(31(40)41)13-14-25(26)33/h1-17H,18H2,(H,34,39)(H,35,37)(H,36,38)(H,40,41)/b27-15+. The van der Waals surface area contributed by atoms with E-state index in [1.54, 1.807) is 78.9 Å². The van der Waals surface area contributed by atoms with E-state index >= 15 is 0 Å². The molecule has 0 saturated carbocycles. The van der Waals surface area contributed by atoms with Gasteiger partial charge in [-0.3, -0.25) is 14.4 Å². The summed E-state index contributed by atoms with van der Waals surface area (Å²) >= 11 is 13.6. The van der Waals surface area contributed by atoms with Gasteiger partial charge in [0.2, 0.25) is 5.91 Å². The van der Waals surface area contributed by atoms with Crippen LogP contribution in [0.25, 0.3) is 6.08 Å².